The molecule has 1 unspecified atom stereocenters. The van der Waals surface area contributed by atoms with Crippen LogP contribution in [-0.2, 0) is 22.6 Å². The number of hydrogen-bond acceptors (Lipinski definition) is 4. The number of imidazole rings is 1. The molecule has 5 heteroatoms. The Morgan fingerprint density at radius 2 is 2.44 bits per heavy atom. The summed E-state index contributed by atoms with van der Waals surface area (Å²) in [7, 11) is 1.46. The molecule has 0 amide bonds. The van der Waals surface area contributed by atoms with Gasteiger partial charge in [-0.05, 0) is 19.4 Å². The SMILES string of the molecule is CCCn1cncc1CN1CCC(C(=O)OC)C1. The van der Waals surface area contributed by atoms with Crippen molar-refractivity contribution in [1.82, 2.24) is 14.5 Å². The third kappa shape index (κ3) is 2.90. The lowest BCUT2D eigenvalue weighted by Gasteiger charge is -2.16. The molecule has 0 N–H and O–H groups in total. The Bertz CT molecular complexity index is 403. The molecule has 1 aliphatic heterocycles. The molecule has 0 spiro atoms. The summed E-state index contributed by atoms with van der Waals surface area (Å²) in [5, 5.41) is 0. The Morgan fingerprint density at radius 1 is 1.61 bits per heavy atom. The van der Waals surface area contributed by atoms with Gasteiger partial charge in [-0.3, -0.25) is 9.69 Å². The lowest BCUT2D eigenvalue weighted by atomic mass is 10.1. The number of rotatable bonds is 5. The molecule has 2 rings (SSSR count). The molecule has 1 fully saturated rings. The lowest BCUT2D eigenvalue weighted by Crippen LogP contribution is -2.24. The summed E-state index contributed by atoms with van der Waals surface area (Å²) in [6, 6.07) is 0. The zero-order valence-electron chi connectivity index (χ0n) is 11.1. The van der Waals surface area contributed by atoms with Crippen molar-refractivity contribution >= 4 is 5.97 Å². The monoisotopic (exact) mass is 251 g/mol. The zero-order valence-corrected chi connectivity index (χ0v) is 11.1. The van der Waals surface area contributed by atoms with Crippen LogP contribution in [-0.4, -0.2) is 40.6 Å². The number of esters is 1. The molecule has 1 aromatic rings. The van der Waals surface area contributed by atoms with Gasteiger partial charge < -0.3 is 9.30 Å². The standard InChI is InChI=1S/C13H21N3O2/c1-3-5-16-10-14-7-12(16)9-15-6-4-11(8-15)13(17)18-2/h7,10-11H,3-6,8-9H2,1-2H3. The quantitative estimate of drug-likeness (QED) is 0.740. The number of aryl methyl sites for hydroxylation is 1. The highest BCUT2D eigenvalue weighted by Crippen LogP contribution is 2.19. The Labute approximate surface area is 108 Å². The molecule has 0 saturated carbocycles. The molecule has 0 aliphatic carbocycles. The average Bonchev–Trinajstić information content (AvgIpc) is 3.00. The van der Waals surface area contributed by atoms with Crippen LogP contribution in [0.4, 0.5) is 0 Å². The molecule has 2 heterocycles. The first-order chi connectivity index (χ1) is 8.74. The van der Waals surface area contributed by atoms with E-state index < -0.39 is 0 Å². The van der Waals surface area contributed by atoms with E-state index in [1.165, 1.54) is 12.8 Å². The van der Waals surface area contributed by atoms with E-state index in [0.29, 0.717) is 0 Å². The second kappa shape index (κ2) is 6.00. The van der Waals surface area contributed by atoms with Crippen LogP contribution >= 0.6 is 0 Å². The van der Waals surface area contributed by atoms with Crippen LogP contribution in [0.15, 0.2) is 12.5 Å². The van der Waals surface area contributed by atoms with Gasteiger partial charge in [-0.25, -0.2) is 4.98 Å². The van der Waals surface area contributed by atoms with Crippen LogP contribution in [0, 0.1) is 5.92 Å². The Morgan fingerprint density at radius 3 is 3.17 bits per heavy atom. The fraction of sp³-hybridized carbons (Fsp3) is 0.692. The highest BCUT2D eigenvalue weighted by atomic mass is 16.5. The van der Waals surface area contributed by atoms with Crippen molar-refractivity contribution in [1.29, 1.82) is 0 Å². The number of nitrogens with zero attached hydrogens (tertiary/aromatic N) is 3. The lowest BCUT2D eigenvalue weighted by molar-refractivity contribution is -0.144. The van der Waals surface area contributed by atoms with Crippen LogP contribution in [0.25, 0.3) is 0 Å². The number of carbonyl (C=O) groups is 1. The van der Waals surface area contributed by atoms with E-state index >= 15 is 0 Å². The Balaban J connectivity index is 1.91. The second-order valence-electron chi connectivity index (χ2n) is 4.82. The normalized spacial score (nSPS) is 20.2. The predicted octanol–water partition coefficient (Wildman–Crippen LogP) is 1.29. The van der Waals surface area contributed by atoms with E-state index in [1.807, 2.05) is 12.5 Å². The largest absolute Gasteiger partial charge is 0.469 e. The van der Waals surface area contributed by atoms with Gasteiger partial charge in [0, 0.05) is 25.8 Å². The molecule has 1 saturated heterocycles. The predicted molar refractivity (Wildman–Crippen MR) is 67.9 cm³/mol. The maximum atomic E-state index is 11.5. The minimum absolute atomic E-state index is 0.0394. The maximum Gasteiger partial charge on any atom is 0.310 e. The molecule has 5 nitrogen and oxygen atoms in total. The summed E-state index contributed by atoms with van der Waals surface area (Å²) in [6.07, 6.45) is 5.80. The third-order valence-electron chi connectivity index (χ3n) is 3.46. The van der Waals surface area contributed by atoms with Crippen molar-refractivity contribution in [3.05, 3.63) is 18.2 Å². The van der Waals surface area contributed by atoms with Gasteiger partial charge in [0.15, 0.2) is 0 Å². The fourth-order valence-electron chi connectivity index (χ4n) is 2.49. The van der Waals surface area contributed by atoms with Crippen molar-refractivity contribution in [2.45, 2.75) is 32.9 Å². The average molecular weight is 251 g/mol. The minimum Gasteiger partial charge on any atom is -0.469 e. The molecular weight excluding hydrogens is 230 g/mol. The topological polar surface area (TPSA) is 47.4 Å². The molecule has 100 valence electrons. The van der Waals surface area contributed by atoms with Crippen LogP contribution in [0.2, 0.25) is 0 Å². The van der Waals surface area contributed by atoms with E-state index in [0.717, 1.165) is 39.0 Å². The van der Waals surface area contributed by atoms with Gasteiger partial charge in [0.2, 0.25) is 0 Å². The van der Waals surface area contributed by atoms with Crippen molar-refractivity contribution < 1.29 is 9.53 Å². The summed E-state index contributed by atoms with van der Waals surface area (Å²) in [5.41, 5.74) is 1.22. The van der Waals surface area contributed by atoms with Crippen molar-refractivity contribution in [2.24, 2.45) is 5.92 Å². The molecule has 0 radical (unpaired) electrons. The zero-order chi connectivity index (χ0) is 13.0. The molecule has 18 heavy (non-hydrogen) atoms. The van der Waals surface area contributed by atoms with Crippen LogP contribution in [0.1, 0.15) is 25.5 Å². The summed E-state index contributed by atoms with van der Waals surface area (Å²) in [6.45, 7) is 5.78. The number of ether oxygens (including phenoxy) is 1. The number of likely N-dealkylation sites (tertiary alicyclic amines) is 1. The number of aromatic nitrogens is 2. The van der Waals surface area contributed by atoms with Gasteiger partial charge >= 0.3 is 5.97 Å². The third-order valence-corrected chi connectivity index (χ3v) is 3.46. The highest BCUT2D eigenvalue weighted by Gasteiger charge is 2.29. The summed E-state index contributed by atoms with van der Waals surface area (Å²) < 4.78 is 6.98. The minimum atomic E-state index is -0.0837. The molecule has 1 aromatic heterocycles. The number of carbonyl (C=O) groups excluding carboxylic acids is 1. The van der Waals surface area contributed by atoms with Crippen molar-refractivity contribution in [3.63, 3.8) is 0 Å². The van der Waals surface area contributed by atoms with E-state index in [2.05, 4.69) is 21.4 Å². The van der Waals surface area contributed by atoms with E-state index in [4.69, 9.17) is 4.74 Å². The smallest absolute Gasteiger partial charge is 0.310 e. The van der Waals surface area contributed by atoms with E-state index in [9.17, 15) is 4.79 Å². The second-order valence-corrected chi connectivity index (χ2v) is 4.82. The van der Waals surface area contributed by atoms with Gasteiger partial charge in [-0.15, -0.1) is 0 Å². The summed E-state index contributed by atoms with van der Waals surface area (Å²) in [5.74, 6) is -0.0443. The number of hydrogen-bond donors (Lipinski definition) is 0. The first kappa shape index (κ1) is 13.1. The van der Waals surface area contributed by atoms with E-state index in [-0.39, 0.29) is 11.9 Å². The summed E-state index contributed by atoms with van der Waals surface area (Å²) >= 11 is 0. The fourth-order valence-corrected chi connectivity index (χ4v) is 2.49. The maximum absolute atomic E-state index is 11.5. The Hall–Kier alpha value is -1.36. The van der Waals surface area contributed by atoms with Crippen molar-refractivity contribution in [3.8, 4) is 0 Å². The van der Waals surface area contributed by atoms with Gasteiger partial charge in [0.1, 0.15) is 0 Å². The summed E-state index contributed by atoms with van der Waals surface area (Å²) in [4.78, 5) is 18.0. The molecule has 1 aliphatic rings. The first-order valence-electron chi connectivity index (χ1n) is 6.53. The van der Waals surface area contributed by atoms with E-state index in [1.54, 1.807) is 0 Å². The molecule has 0 bridgehead atoms. The first-order valence-corrected chi connectivity index (χ1v) is 6.53. The molecular formula is C13H21N3O2. The number of methoxy groups -OCH3 is 1. The van der Waals surface area contributed by atoms with Gasteiger partial charge in [-0.2, -0.15) is 0 Å². The Kier molecular flexibility index (Phi) is 4.36. The van der Waals surface area contributed by atoms with Crippen LogP contribution in [0.5, 0.6) is 0 Å². The van der Waals surface area contributed by atoms with Gasteiger partial charge in [0.05, 0.1) is 25.0 Å². The highest BCUT2D eigenvalue weighted by molar-refractivity contribution is 5.72. The van der Waals surface area contributed by atoms with Crippen LogP contribution < -0.4 is 0 Å². The van der Waals surface area contributed by atoms with Gasteiger partial charge in [0.25, 0.3) is 0 Å². The van der Waals surface area contributed by atoms with Gasteiger partial charge in [-0.1, -0.05) is 6.92 Å². The molecule has 1 atom stereocenters. The molecule has 0 aromatic carbocycles. The van der Waals surface area contributed by atoms with Crippen molar-refractivity contribution in [2.75, 3.05) is 20.2 Å². The van der Waals surface area contributed by atoms with Crippen LogP contribution in [0.3, 0.4) is 0 Å².